The molecule has 1 aromatic heterocycles. The highest BCUT2D eigenvalue weighted by atomic mass is 79.9. The van der Waals surface area contributed by atoms with Crippen LogP contribution in [0.3, 0.4) is 0 Å². The molecule has 3 rings (SSSR count). The van der Waals surface area contributed by atoms with Gasteiger partial charge in [-0.2, -0.15) is 0 Å². The van der Waals surface area contributed by atoms with Crippen LogP contribution in [0, 0.1) is 0 Å². The van der Waals surface area contributed by atoms with Gasteiger partial charge >= 0.3 is 6.09 Å². The molecule has 0 aromatic carbocycles. The second-order valence-electron chi connectivity index (χ2n) is 9.21. The fourth-order valence-electron chi connectivity index (χ4n) is 3.53. The molecule has 0 saturated heterocycles. The van der Waals surface area contributed by atoms with Gasteiger partial charge in [-0.15, -0.1) is 0 Å². The first kappa shape index (κ1) is 22.7. The van der Waals surface area contributed by atoms with E-state index >= 15 is 0 Å². The van der Waals surface area contributed by atoms with Crippen LogP contribution in [0.5, 0.6) is 5.75 Å². The fraction of sp³-hybridized carbons (Fsp3) is 0.667. The lowest BCUT2D eigenvalue weighted by molar-refractivity contribution is -0.125. The van der Waals surface area contributed by atoms with Crippen LogP contribution < -0.4 is 20.9 Å². The summed E-state index contributed by atoms with van der Waals surface area (Å²) in [4.78, 5) is 36.6. The lowest BCUT2D eigenvalue weighted by Crippen LogP contribution is -2.53. The highest BCUT2D eigenvalue weighted by molar-refractivity contribution is 9.10. The van der Waals surface area contributed by atoms with Crippen molar-refractivity contribution in [1.29, 1.82) is 0 Å². The summed E-state index contributed by atoms with van der Waals surface area (Å²) in [6.45, 7) is 5.37. The molecule has 2 amide bonds. The number of amides is 2. The summed E-state index contributed by atoms with van der Waals surface area (Å²) >= 11 is 3.43. The van der Waals surface area contributed by atoms with Crippen molar-refractivity contribution in [1.82, 2.24) is 15.2 Å². The molecule has 166 valence electrons. The molecule has 8 nitrogen and oxygen atoms in total. The molecule has 2 N–H and O–H groups in total. The second-order valence-corrected chi connectivity index (χ2v) is 10.1. The van der Waals surface area contributed by atoms with Crippen LogP contribution in [0.4, 0.5) is 4.79 Å². The molecule has 1 aromatic rings. The quantitative estimate of drug-likeness (QED) is 0.670. The normalized spacial score (nSPS) is 22.7. The number of hydrogen-bond acceptors (Lipinski definition) is 5. The lowest BCUT2D eigenvalue weighted by Gasteiger charge is -2.31. The van der Waals surface area contributed by atoms with E-state index in [1.165, 1.54) is 10.6 Å². The van der Waals surface area contributed by atoms with Gasteiger partial charge < -0.3 is 24.7 Å². The van der Waals surface area contributed by atoms with E-state index in [0.717, 1.165) is 30.2 Å². The Morgan fingerprint density at radius 1 is 1.20 bits per heavy atom. The Kier molecular flexibility index (Phi) is 6.50. The van der Waals surface area contributed by atoms with Crippen LogP contribution in [0.15, 0.2) is 21.5 Å². The molecule has 9 heteroatoms. The predicted octanol–water partition coefficient (Wildman–Crippen LogP) is 3.01. The number of nitrogens with one attached hydrogen (secondary N) is 2. The number of aryl methyl sites for hydroxylation is 1. The topological polar surface area (TPSA) is 98.7 Å². The van der Waals surface area contributed by atoms with Crippen molar-refractivity contribution < 1.29 is 19.1 Å². The van der Waals surface area contributed by atoms with E-state index < -0.39 is 17.2 Å². The average molecular weight is 484 g/mol. The summed E-state index contributed by atoms with van der Waals surface area (Å²) in [7, 11) is 1.69. The molecule has 1 heterocycles. The highest BCUT2D eigenvalue weighted by Gasteiger charge is 2.52. The van der Waals surface area contributed by atoms with Gasteiger partial charge in [0.2, 0.25) is 5.91 Å². The van der Waals surface area contributed by atoms with Gasteiger partial charge in [-0.1, -0.05) is 0 Å². The summed E-state index contributed by atoms with van der Waals surface area (Å²) in [5.41, 5.74) is -1.57. The molecule has 0 unspecified atom stereocenters. The third-order valence-electron chi connectivity index (χ3n) is 5.37. The number of nitrogens with zero attached hydrogens (tertiary/aromatic N) is 1. The molecule has 0 spiro atoms. The SMILES string of the molecule is Cn1cc(Br)c(O[C@H]2CC[C@H](NC(=O)C3(NC(=O)OC(C)(C)C)CC3)CC2)cc1=O. The molecule has 2 aliphatic rings. The van der Waals surface area contributed by atoms with Gasteiger partial charge in [-0.25, -0.2) is 4.79 Å². The van der Waals surface area contributed by atoms with Crippen molar-refractivity contribution in [2.24, 2.45) is 7.05 Å². The molecule has 0 aliphatic heterocycles. The van der Waals surface area contributed by atoms with Crippen molar-refractivity contribution >= 4 is 27.9 Å². The minimum Gasteiger partial charge on any atom is -0.489 e. The first-order chi connectivity index (χ1) is 14.0. The van der Waals surface area contributed by atoms with Crippen molar-refractivity contribution in [3.63, 3.8) is 0 Å². The number of hydrogen-bond donors (Lipinski definition) is 2. The van der Waals surface area contributed by atoms with Gasteiger partial charge in [-0.3, -0.25) is 9.59 Å². The Bertz CT molecular complexity index is 864. The molecule has 2 saturated carbocycles. The number of aromatic nitrogens is 1. The van der Waals surface area contributed by atoms with Gasteiger partial charge in [0.15, 0.2) is 0 Å². The average Bonchev–Trinajstić information content (AvgIpc) is 3.40. The number of halogens is 1. The standard InChI is InChI=1S/C21H30BrN3O5/c1-20(2,3)30-19(28)24-21(9-10-21)18(27)23-13-5-7-14(8-6-13)29-16-11-17(26)25(4)12-15(16)22/h11-14H,5-10H2,1-4H3,(H,23,27)(H,24,28)/t13-,14-. The first-order valence-corrected chi connectivity index (χ1v) is 11.1. The Hall–Kier alpha value is -2.03. The number of ether oxygens (including phenoxy) is 2. The third kappa shape index (κ3) is 5.77. The van der Waals surface area contributed by atoms with E-state index in [4.69, 9.17) is 9.47 Å². The Balaban J connectivity index is 1.48. The second kappa shape index (κ2) is 8.61. The maximum atomic E-state index is 12.7. The van der Waals surface area contributed by atoms with Crippen LogP contribution in [0.1, 0.15) is 59.3 Å². The summed E-state index contributed by atoms with van der Waals surface area (Å²) in [5.74, 6) is 0.399. The van der Waals surface area contributed by atoms with Crippen LogP contribution in [-0.2, 0) is 16.6 Å². The molecular weight excluding hydrogens is 454 g/mol. The largest absolute Gasteiger partial charge is 0.489 e. The van der Waals surface area contributed by atoms with E-state index in [2.05, 4.69) is 26.6 Å². The van der Waals surface area contributed by atoms with Crippen molar-refractivity contribution in [3.8, 4) is 5.75 Å². The van der Waals surface area contributed by atoms with Gasteiger partial charge in [0, 0.05) is 25.4 Å². The Morgan fingerprint density at radius 2 is 1.83 bits per heavy atom. The fourth-order valence-corrected chi connectivity index (χ4v) is 4.05. The van der Waals surface area contributed by atoms with Crippen molar-refractivity contribution in [3.05, 3.63) is 27.1 Å². The minimum atomic E-state index is -0.843. The molecule has 30 heavy (non-hydrogen) atoms. The van der Waals surface area contributed by atoms with E-state index in [0.29, 0.717) is 18.6 Å². The lowest BCUT2D eigenvalue weighted by atomic mass is 9.92. The van der Waals surface area contributed by atoms with Crippen LogP contribution >= 0.6 is 15.9 Å². The number of carbonyl (C=O) groups is 2. The minimum absolute atomic E-state index is 0.00340. The van der Waals surface area contributed by atoms with Gasteiger partial charge in [-0.05, 0) is 75.2 Å². The molecule has 0 atom stereocenters. The smallest absolute Gasteiger partial charge is 0.408 e. The van der Waals surface area contributed by atoms with Gasteiger partial charge in [0.1, 0.15) is 16.9 Å². The zero-order valence-electron chi connectivity index (χ0n) is 17.9. The molecule has 0 radical (unpaired) electrons. The number of pyridine rings is 1. The summed E-state index contributed by atoms with van der Waals surface area (Å²) < 4.78 is 13.5. The predicted molar refractivity (Wildman–Crippen MR) is 116 cm³/mol. The summed E-state index contributed by atoms with van der Waals surface area (Å²) in [6.07, 6.45) is 5.47. The van der Waals surface area contributed by atoms with E-state index in [-0.39, 0.29) is 23.6 Å². The number of rotatable bonds is 5. The Labute approximate surface area is 184 Å². The first-order valence-electron chi connectivity index (χ1n) is 10.3. The van der Waals surface area contributed by atoms with Crippen molar-refractivity contribution in [2.45, 2.75) is 82.6 Å². The monoisotopic (exact) mass is 483 g/mol. The van der Waals surface area contributed by atoms with Gasteiger partial charge in [0.25, 0.3) is 5.56 Å². The molecular formula is C21H30BrN3O5. The number of carbonyl (C=O) groups excluding carboxylic acids is 2. The van der Waals surface area contributed by atoms with Crippen molar-refractivity contribution in [2.75, 3.05) is 0 Å². The molecule has 0 bridgehead atoms. The molecule has 2 aliphatic carbocycles. The zero-order valence-corrected chi connectivity index (χ0v) is 19.5. The van der Waals surface area contributed by atoms with Crippen LogP contribution in [0.2, 0.25) is 0 Å². The molecule has 2 fully saturated rings. The third-order valence-corrected chi connectivity index (χ3v) is 5.97. The van der Waals surface area contributed by atoms with E-state index in [1.54, 1.807) is 34.0 Å². The number of alkyl carbamates (subject to hydrolysis) is 1. The summed E-state index contributed by atoms with van der Waals surface area (Å²) in [6, 6.07) is 1.53. The van der Waals surface area contributed by atoms with Crippen LogP contribution in [0.25, 0.3) is 0 Å². The maximum Gasteiger partial charge on any atom is 0.408 e. The van der Waals surface area contributed by atoms with Gasteiger partial charge in [0.05, 0.1) is 10.6 Å². The zero-order chi connectivity index (χ0) is 22.1. The highest BCUT2D eigenvalue weighted by Crippen LogP contribution is 2.36. The van der Waals surface area contributed by atoms with E-state index in [1.807, 2.05) is 0 Å². The maximum absolute atomic E-state index is 12.7. The Morgan fingerprint density at radius 3 is 2.40 bits per heavy atom. The van der Waals surface area contributed by atoms with Crippen LogP contribution in [-0.4, -0.2) is 39.9 Å². The van der Waals surface area contributed by atoms with E-state index in [9.17, 15) is 14.4 Å². The summed E-state index contributed by atoms with van der Waals surface area (Å²) in [5, 5.41) is 5.81.